The molecule has 1 aromatic rings. The minimum atomic E-state index is 0.0610. The predicted molar refractivity (Wildman–Crippen MR) is 59.6 cm³/mol. The van der Waals surface area contributed by atoms with Crippen molar-refractivity contribution >= 4 is 33.6 Å². The van der Waals surface area contributed by atoms with Crippen LogP contribution in [0.4, 0.5) is 0 Å². The molecule has 0 aliphatic carbocycles. The Balaban J connectivity index is 2.11. The van der Waals surface area contributed by atoms with Crippen LogP contribution in [0.3, 0.4) is 0 Å². The van der Waals surface area contributed by atoms with Crippen LogP contribution in [0, 0.1) is 0 Å². The third kappa shape index (κ3) is 1.98. The van der Waals surface area contributed by atoms with Crippen LogP contribution in [0.5, 0.6) is 0 Å². The van der Waals surface area contributed by atoms with E-state index in [1.165, 1.54) is 6.26 Å². The molecular formula is C9H10BrNO2S. The number of hydrogen-bond donors (Lipinski definition) is 0. The van der Waals surface area contributed by atoms with Gasteiger partial charge in [0.1, 0.15) is 0 Å². The second-order valence-electron chi connectivity index (χ2n) is 3.01. The number of halogens is 1. The van der Waals surface area contributed by atoms with Crippen molar-refractivity contribution in [3.8, 4) is 0 Å². The number of nitrogens with zero attached hydrogens (tertiary/aromatic N) is 1. The van der Waals surface area contributed by atoms with E-state index in [9.17, 15) is 4.79 Å². The fourth-order valence-electron chi connectivity index (χ4n) is 1.38. The average molecular weight is 276 g/mol. The summed E-state index contributed by atoms with van der Waals surface area (Å²) in [7, 11) is 0. The Hall–Kier alpha value is -0.420. The molecule has 1 aliphatic rings. The summed E-state index contributed by atoms with van der Waals surface area (Å²) in [5.41, 5.74) is 0.622. The molecule has 0 unspecified atom stereocenters. The van der Waals surface area contributed by atoms with E-state index in [2.05, 4.69) is 15.9 Å². The molecule has 3 nitrogen and oxygen atoms in total. The zero-order valence-electron chi connectivity index (χ0n) is 7.53. The predicted octanol–water partition coefficient (Wildman–Crippen LogP) is 2.23. The second kappa shape index (κ2) is 4.40. The van der Waals surface area contributed by atoms with Crippen molar-refractivity contribution in [2.45, 2.75) is 0 Å². The van der Waals surface area contributed by atoms with Gasteiger partial charge in [-0.25, -0.2) is 0 Å². The van der Waals surface area contributed by atoms with Gasteiger partial charge in [-0.1, -0.05) is 0 Å². The highest BCUT2D eigenvalue weighted by Crippen LogP contribution is 2.21. The van der Waals surface area contributed by atoms with E-state index >= 15 is 0 Å². The molecule has 1 fully saturated rings. The van der Waals surface area contributed by atoms with Gasteiger partial charge >= 0.3 is 0 Å². The van der Waals surface area contributed by atoms with Gasteiger partial charge in [-0.2, -0.15) is 11.8 Å². The summed E-state index contributed by atoms with van der Waals surface area (Å²) in [4.78, 5) is 13.8. The van der Waals surface area contributed by atoms with Crippen LogP contribution in [-0.2, 0) is 0 Å². The van der Waals surface area contributed by atoms with Crippen molar-refractivity contribution in [2.75, 3.05) is 24.6 Å². The molecular weight excluding hydrogens is 266 g/mol. The van der Waals surface area contributed by atoms with Crippen LogP contribution in [0.1, 0.15) is 10.4 Å². The number of carbonyl (C=O) groups excluding carboxylic acids is 1. The van der Waals surface area contributed by atoms with Gasteiger partial charge in [-0.05, 0) is 22.0 Å². The molecule has 0 saturated carbocycles. The highest BCUT2D eigenvalue weighted by molar-refractivity contribution is 9.10. The van der Waals surface area contributed by atoms with E-state index in [0.29, 0.717) is 10.2 Å². The fraction of sp³-hybridized carbons (Fsp3) is 0.444. The van der Waals surface area contributed by atoms with Gasteiger partial charge < -0.3 is 9.32 Å². The lowest BCUT2D eigenvalue weighted by atomic mass is 10.3. The molecule has 1 amide bonds. The van der Waals surface area contributed by atoms with E-state index in [1.807, 2.05) is 16.7 Å². The molecule has 14 heavy (non-hydrogen) atoms. The maximum absolute atomic E-state index is 11.9. The topological polar surface area (TPSA) is 33.5 Å². The normalized spacial score (nSPS) is 17.1. The summed E-state index contributed by atoms with van der Waals surface area (Å²) in [5, 5.41) is 0. The highest BCUT2D eigenvalue weighted by Gasteiger charge is 2.21. The molecule has 0 radical (unpaired) electrons. The third-order valence-corrected chi connectivity index (χ3v) is 3.70. The van der Waals surface area contributed by atoms with Crippen molar-refractivity contribution in [2.24, 2.45) is 0 Å². The number of hydrogen-bond acceptors (Lipinski definition) is 3. The Morgan fingerprint density at radius 1 is 1.50 bits per heavy atom. The number of furan rings is 1. The van der Waals surface area contributed by atoms with E-state index in [-0.39, 0.29) is 5.91 Å². The van der Waals surface area contributed by atoms with Crippen molar-refractivity contribution in [3.05, 3.63) is 22.6 Å². The Bertz CT molecular complexity index is 333. The molecule has 2 heterocycles. The standard InChI is InChI=1S/C9H10BrNO2S/c10-8-7(1-4-13-8)9(12)11-2-5-14-6-3-11/h1,4H,2-3,5-6H2. The van der Waals surface area contributed by atoms with E-state index < -0.39 is 0 Å². The Morgan fingerprint density at radius 2 is 2.21 bits per heavy atom. The van der Waals surface area contributed by atoms with Crippen LogP contribution in [0.2, 0.25) is 0 Å². The summed E-state index contributed by atoms with van der Waals surface area (Å²) < 4.78 is 5.57. The van der Waals surface area contributed by atoms with Gasteiger partial charge in [0, 0.05) is 24.6 Å². The van der Waals surface area contributed by atoms with Crippen LogP contribution >= 0.6 is 27.7 Å². The Kier molecular flexibility index (Phi) is 3.18. The van der Waals surface area contributed by atoms with E-state index in [4.69, 9.17) is 4.42 Å². The molecule has 0 spiro atoms. The second-order valence-corrected chi connectivity index (χ2v) is 4.96. The smallest absolute Gasteiger partial charge is 0.258 e. The molecule has 5 heteroatoms. The maximum atomic E-state index is 11.9. The van der Waals surface area contributed by atoms with E-state index in [0.717, 1.165) is 24.6 Å². The fourth-order valence-corrected chi connectivity index (χ4v) is 2.70. The van der Waals surface area contributed by atoms with Gasteiger partial charge in [0.05, 0.1) is 11.8 Å². The van der Waals surface area contributed by atoms with Crippen LogP contribution < -0.4 is 0 Å². The molecule has 0 atom stereocenters. The monoisotopic (exact) mass is 275 g/mol. The lowest BCUT2D eigenvalue weighted by Gasteiger charge is -2.25. The Morgan fingerprint density at radius 3 is 2.79 bits per heavy atom. The average Bonchev–Trinajstić information content (AvgIpc) is 2.65. The minimum Gasteiger partial charge on any atom is -0.457 e. The van der Waals surface area contributed by atoms with Crippen LogP contribution in [0.25, 0.3) is 0 Å². The summed E-state index contributed by atoms with van der Waals surface area (Å²) in [5.74, 6) is 2.12. The molecule has 0 N–H and O–H groups in total. The molecule has 2 rings (SSSR count). The molecule has 1 aliphatic heterocycles. The molecule has 1 aromatic heterocycles. The van der Waals surface area contributed by atoms with Gasteiger partial charge in [0.25, 0.3) is 5.91 Å². The zero-order chi connectivity index (χ0) is 9.97. The first kappa shape index (κ1) is 10.1. The van der Waals surface area contributed by atoms with Crippen LogP contribution in [-0.4, -0.2) is 35.4 Å². The summed E-state index contributed by atoms with van der Waals surface area (Å²) >= 11 is 5.10. The number of rotatable bonds is 1. The van der Waals surface area contributed by atoms with Crippen molar-refractivity contribution < 1.29 is 9.21 Å². The van der Waals surface area contributed by atoms with Gasteiger partial charge in [-0.15, -0.1) is 0 Å². The SMILES string of the molecule is O=C(c1ccoc1Br)N1CCSCC1. The molecule has 0 aromatic carbocycles. The van der Waals surface area contributed by atoms with Gasteiger partial charge in [-0.3, -0.25) is 4.79 Å². The molecule has 76 valence electrons. The summed E-state index contributed by atoms with van der Waals surface area (Å²) in [6, 6.07) is 1.70. The van der Waals surface area contributed by atoms with Crippen LogP contribution in [0.15, 0.2) is 21.4 Å². The zero-order valence-corrected chi connectivity index (χ0v) is 9.94. The highest BCUT2D eigenvalue weighted by atomic mass is 79.9. The first-order valence-electron chi connectivity index (χ1n) is 4.39. The number of amides is 1. The largest absolute Gasteiger partial charge is 0.457 e. The first-order chi connectivity index (χ1) is 6.79. The van der Waals surface area contributed by atoms with Crippen molar-refractivity contribution in [1.82, 2.24) is 4.90 Å². The Labute approximate surface area is 95.0 Å². The summed E-state index contributed by atoms with van der Waals surface area (Å²) in [6.07, 6.45) is 1.52. The maximum Gasteiger partial charge on any atom is 0.258 e. The molecule has 0 bridgehead atoms. The van der Waals surface area contributed by atoms with Crippen molar-refractivity contribution in [1.29, 1.82) is 0 Å². The van der Waals surface area contributed by atoms with Gasteiger partial charge in [0.15, 0.2) is 4.67 Å². The van der Waals surface area contributed by atoms with Gasteiger partial charge in [0.2, 0.25) is 0 Å². The first-order valence-corrected chi connectivity index (χ1v) is 6.34. The molecule has 1 saturated heterocycles. The number of carbonyl (C=O) groups is 1. The minimum absolute atomic E-state index is 0.0610. The number of thioether (sulfide) groups is 1. The lowest BCUT2D eigenvalue weighted by Crippen LogP contribution is -2.37. The quantitative estimate of drug-likeness (QED) is 0.788. The third-order valence-electron chi connectivity index (χ3n) is 2.15. The van der Waals surface area contributed by atoms with E-state index in [1.54, 1.807) is 6.07 Å². The lowest BCUT2D eigenvalue weighted by molar-refractivity contribution is 0.0770. The summed E-state index contributed by atoms with van der Waals surface area (Å²) in [6.45, 7) is 1.67. The van der Waals surface area contributed by atoms with Crippen molar-refractivity contribution in [3.63, 3.8) is 0 Å².